The van der Waals surface area contributed by atoms with E-state index in [9.17, 15) is 23.9 Å². The SMILES string of the molecule is CCCCCCCCCCCCCCCCCCOC(C)n1c(=O)c(C)c(-c2cccc3ccccc23)n(CCOCP(=O)(O)O)c1=O. The maximum atomic E-state index is 13.9. The van der Waals surface area contributed by atoms with E-state index in [-0.39, 0.29) is 13.2 Å². The van der Waals surface area contributed by atoms with Gasteiger partial charge in [0.1, 0.15) is 12.6 Å². The van der Waals surface area contributed by atoms with Crippen LogP contribution in [0.2, 0.25) is 0 Å². The van der Waals surface area contributed by atoms with Crippen LogP contribution in [0.1, 0.15) is 128 Å². The highest BCUT2D eigenvalue weighted by molar-refractivity contribution is 7.51. The van der Waals surface area contributed by atoms with Crippen LogP contribution in [0.4, 0.5) is 0 Å². The molecule has 268 valence electrons. The van der Waals surface area contributed by atoms with Gasteiger partial charge in [0.2, 0.25) is 0 Å². The Morgan fingerprint density at radius 1 is 0.750 bits per heavy atom. The van der Waals surface area contributed by atoms with Crippen LogP contribution in [-0.4, -0.2) is 38.5 Å². The minimum Gasteiger partial charge on any atom is -0.367 e. The Hall–Kier alpha value is -2.55. The average molecular weight is 687 g/mol. The molecule has 3 rings (SSSR count). The summed E-state index contributed by atoms with van der Waals surface area (Å²) >= 11 is 0. The summed E-state index contributed by atoms with van der Waals surface area (Å²) in [6, 6.07) is 13.5. The number of hydrogen-bond donors (Lipinski definition) is 2. The summed E-state index contributed by atoms with van der Waals surface area (Å²) in [4.78, 5) is 46.0. The van der Waals surface area contributed by atoms with Crippen LogP contribution in [0.25, 0.3) is 22.0 Å². The predicted octanol–water partition coefficient (Wildman–Crippen LogP) is 9.09. The summed E-state index contributed by atoms with van der Waals surface area (Å²) in [6.07, 6.45) is 19.0. The van der Waals surface area contributed by atoms with Gasteiger partial charge in [0, 0.05) is 17.7 Å². The molecule has 0 bridgehead atoms. The van der Waals surface area contributed by atoms with Crippen molar-refractivity contribution in [1.29, 1.82) is 0 Å². The molecule has 9 nitrogen and oxygen atoms in total. The fourth-order valence-electron chi connectivity index (χ4n) is 6.42. The van der Waals surface area contributed by atoms with E-state index in [1.54, 1.807) is 13.8 Å². The maximum Gasteiger partial charge on any atom is 0.350 e. The Bertz CT molecular complexity index is 1540. The van der Waals surface area contributed by atoms with E-state index in [2.05, 4.69) is 6.92 Å². The molecule has 0 spiro atoms. The Morgan fingerprint density at radius 2 is 1.29 bits per heavy atom. The average Bonchev–Trinajstić information content (AvgIpc) is 3.06. The van der Waals surface area contributed by atoms with Crippen LogP contribution < -0.4 is 11.2 Å². The zero-order valence-electron chi connectivity index (χ0n) is 29.5. The standard InChI is InChI=1S/C38H59N2O7P/c1-4-5-6-7-8-9-10-11-12-13-14-15-16-17-18-21-28-47-32(3)40-37(41)31(2)36(35-26-22-24-33-23-19-20-25-34(33)35)39(38(40)42)27-29-46-30-48(43,44)45/h19-20,22-26,32H,4-18,21,27-30H2,1-3H3,(H2,43,44,45). The quantitative estimate of drug-likeness (QED) is 0.0674. The highest BCUT2D eigenvalue weighted by Gasteiger charge is 2.22. The molecule has 0 radical (unpaired) electrons. The number of fused-ring (bicyclic) bond motifs is 1. The number of nitrogens with zero attached hydrogens (tertiary/aromatic N) is 2. The van der Waals surface area contributed by atoms with E-state index in [1.807, 2.05) is 42.5 Å². The third-order valence-electron chi connectivity index (χ3n) is 9.09. The van der Waals surface area contributed by atoms with Gasteiger partial charge in [-0.3, -0.25) is 13.9 Å². The van der Waals surface area contributed by atoms with Crippen molar-refractivity contribution in [3.8, 4) is 11.3 Å². The number of unbranched alkanes of at least 4 members (excludes halogenated alkanes) is 15. The smallest absolute Gasteiger partial charge is 0.350 e. The fraction of sp³-hybridized carbons (Fsp3) is 0.632. The van der Waals surface area contributed by atoms with Gasteiger partial charge < -0.3 is 19.3 Å². The zero-order chi connectivity index (χ0) is 34.8. The lowest BCUT2D eigenvalue weighted by molar-refractivity contribution is 0.00744. The van der Waals surface area contributed by atoms with Crippen molar-refractivity contribution in [2.45, 2.75) is 136 Å². The molecular weight excluding hydrogens is 627 g/mol. The Kier molecular flexibility index (Phi) is 17.9. The number of rotatable bonds is 25. The third-order valence-corrected chi connectivity index (χ3v) is 9.60. The van der Waals surface area contributed by atoms with E-state index in [0.717, 1.165) is 40.2 Å². The molecule has 0 amide bonds. The molecule has 2 N–H and O–H groups in total. The van der Waals surface area contributed by atoms with E-state index in [1.165, 1.54) is 88.0 Å². The summed E-state index contributed by atoms with van der Waals surface area (Å²) in [5, 5.41) is 1.85. The summed E-state index contributed by atoms with van der Waals surface area (Å²) in [5.41, 5.74) is 0.605. The van der Waals surface area contributed by atoms with Crippen LogP contribution in [0.15, 0.2) is 52.1 Å². The second-order valence-electron chi connectivity index (χ2n) is 13.1. The molecule has 3 aromatic rings. The van der Waals surface area contributed by atoms with Crippen molar-refractivity contribution in [2.75, 3.05) is 19.6 Å². The van der Waals surface area contributed by atoms with Crippen LogP contribution in [-0.2, 0) is 20.6 Å². The minimum atomic E-state index is -4.37. The predicted molar refractivity (Wildman–Crippen MR) is 196 cm³/mol. The molecule has 0 fully saturated rings. The largest absolute Gasteiger partial charge is 0.367 e. The first kappa shape index (κ1) is 39.9. The van der Waals surface area contributed by atoms with Gasteiger partial charge >= 0.3 is 13.3 Å². The van der Waals surface area contributed by atoms with Crippen molar-refractivity contribution >= 4 is 18.4 Å². The lowest BCUT2D eigenvalue weighted by atomic mass is 9.99. The van der Waals surface area contributed by atoms with Gasteiger partial charge in [-0.1, -0.05) is 146 Å². The van der Waals surface area contributed by atoms with Crippen molar-refractivity contribution in [3.05, 3.63) is 68.9 Å². The van der Waals surface area contributed by atoms with Gasteiger partial charge in [0.25, 0.3) is 5.56 Å². The molecular formula is C38H59N2O7P. The van der Waals surface area contributed by atoms with E-state index in [4.69, 9.17) is 9.47 Å². The third kappa shape index (κ3) is 13.1. The fourth-order valence-corrected chi connectivity index (χ4v) is 6.79. The van der Waals surface area contributed by atoms with Crippen molar-refractivity contribution in [1.82, 2.24) is 9.13 Å². The normalized spacial score (nSPS) is 12.6. The Morgan fingerprint density at radius 3 is 1.88 bits per heavy atom. The maximum absolute atomic E-state index is 13.9. The molecule has 1 aromatic heterocycles. The Balaban J connectivity index is 1.53. The molecule has 48 heavy (non-hydrogen) atoms. The molecule has 0 aliphatic carbocycles. The molecule has 1 atom stereocenters. The summed E-state index contributed by atoms with van der Waals surface area (Å²) < 4.78 is 25.2. The van der Waals surface area contributed by atoms with Gasteiger partial charge in [-0.25, -0.2) is 9.36 Å². The van der Waals surface area contributed by atoms with Gasteiger partial charge in [0.15, 0.2) is 0 Å². The molecule has 0 aliphatic rings. The summed E-state index contributed by atoms with van der Waals surface area (Å²) in [5.74, 6) is 0. The highest BCUT2D eigenvalue weighted by atomic mass is 31.2. The van der Waals surface area contributed by atoms with Gasteiger partial charge in [-0.05, 0) is 31.0 Å². The Labute approximate surface area is 286 Å². The van der Waals surface area contributed by atoms with E-state index in [0.29, 0.717) is 17.9 Å². The minimum absolute atomic E-state index is 0.00432. The topological polar surface area (TPSA) is 120 Å². The molecule has 0 saturated carbocycles. The molecule has 1 heterocycles. The first-order valence-electron chi connectivity index (χ1n) is 18.2. The first-order valence-corrected chi connectivity index (χ1v) is 20.0. The summed E-state index contributed by atoms with van der Waals surface area (Å²) in [6.45, 7) is 6.01. The second kappa shape index (κ2) is 21.5. The number of hydrogen-bond acceptors (Lipinski definition) is 5. The first-order chi connectivity index (χ1) is 23.2. The zero-order valence-corrected chi connectivity index (χ0v) is 30.4. The second-order valence-corrected chi connectivity index (χ2v) is 14.7. The van der Waals surface area contributed by atoms with E-state index >= 15 is 0 Å². The van der Waals surface area contributed by atoms with Gasteiger partial charge in [-0.15, -0.1) is 0 Å². The summed E-state index contributed by atoms with van der Waals surface area (Å²) in [7, 11) is -4.37. The monoisotopic (exact) mass is 686 g/mol. The number of aromatic nitrogens is 2. The lowest BCUT2D eigenvalue weighted by Gasteiger charge is -2.22. The molecule has 0 saturated heterocycles. The van der Waals surface area contributed by atoms with E-state index < -0.39 is 31.4 Å². The van der Waals surface area contributed by atoms with Crippen molar-refractivity contribution in [3.63, 3.8) is 0 Å². The molecule has 0 aliphatic heterocycles. The van der Waals surface area contributed by atoms with Crippen molar-refractivity contribution in [2.24, 2.45) is 0 Å². The van der Waals surface area contributed by atoms with Crippen LogP contribution in [0.5, 0.6) is 0 Å². The van der Waals surface area contributed by atoms with Crippen LogP contribution in [0, 0.1) is 6.92 Å². The van der Waals surface area contributed by atoms with Gasteiger partial charge in [0.05, 0.1) is 18.8 Å². The van der Waals surface area contributed by atoms with Crippen molar-refractivity contribution < 1.29 is 23.8 Å². The molecule has 2 aromatic carbocycles. The molecule has 10 heteroatoms. The number of benzene rings is 2. The van der Waals surface area contributed by atoms with Gasteiger partial charge in [-0.2, -0.15) is 0 Å². The highest BCUT2D eigenvalue weighted by Crippen LogP contribution is 2.34. The number of ether oxygens (including phenoxy) is 2. The molecule has 1 unspecified atom stereocenters. The lowest BCUT2D eigenvalue weighted by Crippen LogP contribution is -2.44. The van der Waals surface area contributed by atoms with Crippen LogP contribution >= 0.6 is 7.60 Å². The van der Waals surface area contributed by atoms with Crippen LogP contribution in [0.3, 0.4) is 0 Å².